The van der Waals surface area contributed by atoms with Crippen LogP contribution in [0, 0.1) is 5.92 Å². The van der Waals surface area contributed by atoms with Crippen molar-refractivity contribution in [3.63, 3.8) is 0 Å². The number of allylic oxidation sites excluding steroid dienone is 1. The number of para-hydroxylation sites is 1. The van der Waals surface area contributed by atoms with Crippen molar-refractivity contribution in [3.05, 3.63) is 35.9 Å². The summed E-state index contributed by atoms with van der Waals surface area (Å²) in [6.07, 6.45) is 3.89. The zero-order valence-electron chi connectivity index (χ0n) is 13.8. The number of amides is 1. The zero-order chi connectivity index (χ0) is 15.9. The van der Waals surface area contributed by atoms with Gasteiger partial charge in [-0.05, 0) is 50.9 Å². The standard InChI is InChI=1S/C18H26N2O2/c1-14(16-6-4-5-7-17(16)22-3)12-18(21)20-10-8-15(9-11-20)13-19-2/h4-7,12,15,19H,8-11,13H2,1-3H3/b14-12+. The van der Waals surface area contributed by atoms with Gasteiger partial charge in [0.15, 0.2) is 0 Å². The summed E-state index contributed by atoms with van der Waals surface area (Å²) in [4.78, 5) is 14.4. The number of hydrogen-bond donors (Lipinski definition) is 1. The van der Waals surface area contributed by atoms with Gasteiger partial charge in [0.05, 0.1) is 7.11 Å². The van der Waals surface area contributed by atoms with Gasteiger partial charge in [0.1, 0.15) is 5.75 Å². The quantitative estimate of drug-likeness (QED) is 0.850. The van der Waals surface area contributed by atoms with Gasteiger partial charge in [0, 0.05) is 24.7 Å². The smallest absolute Gasteiger partial charge is 0.246 e. The molecule has 1 N–H and O–H groups in total. The number of carbonyl (C=O) groups is 1. The van der Waals surface area contributed by atoms with E-state index in [4.69, 9.17) is 4.74 Å². The first-order valence-corrected chi connectivity index (χ1v) is 7.91. The Hall–Kier alpha value is -1.81. The van der Waals surface area contributed by atoms with Crippen molar-refractivity contribution in [3.8, 4) is 5.75 Å². The van der Waals surface area contributed by atoms with Crippen molar-refractivity contribution in [2.45, 2.75) is 19.8 Å². The summed E-state index contributed by atoms with van der Waals surface area (Å²) in [6.45, 7) is 4.70. The second-order valence-corrected chi connectivity index (χ2v) is 5.85. The van der Waals surface area contributed by atoms with E-state index < -0.39 is 0 Å². The maximum atomic E-state index is 12.4. The lowest BCUT2D eigenvalue weighted by atomic mass is 9.96. The van der Waals surface area contributed by atoms with Crippen LogP contribution >= 0.6 is 0 Å². The van der Waals surface area contributed by atoms with Gasteiger partial charge in [0.2, 0.25) is 5.91 Å². The van der Waals surface area contributed by atoms with Crippen molar-refractivity contribution >= 4 is 11.5 Å². The molecule has 1 aromatic rings. The summed E-state index contributed by atoms with van der Waals surface area (Å²) in [5, 5.41) is 3.22. The third kappa shape index (κ3) is 4.10. The highest BCUT2D eigenvalue weighted by atomic mass is 16.5. The second-order valence-electron chi connectivity index (χ2n) is 5.85. The lowest BCUT2D eigenvalue weighted by Crippen LogP contribution is -2.39. The molecule has 22 heavy (non-hydrogen) atoms. The molecule has 0 aliphatic carbocycles. The monoisotopic (exact) mass is 302 g/mol. The van der Waals surface area contributed by atoms with Crippen LogP contribution in [-0.2, 0) is 4.79 Å². The summed E-state index contributed by atoms with van der Waals surface area (Å²) < 4.78 is 5.36. The summed E-state index contributed by atoms with van der Waals surface area (Å²) in [5.41, 5.74) is 1.92. The van der Waals surface area contributed by atoms with E-state index in [0.29, 0.717) is 5.92 Å². The fourth-order valence-corrected chi connectivity index (χ4v) is 2.97. The summed E-state index contributed by atoms with van der Waals surface area (Å²) in [7, 11) is 3.64. The third-order valence-corrected chi connectivity index (χ3v) is 4.29. The zero-order valence-corrected chi connectivity index (χ0v) is 13.8. The van der Waals surface area contributed by atoms with Crippen molar-refractivity contribution in [1.82, 2.24) is 10.2 Å². The van der Waals surface area contributed by atoms with E-state index in [-0.39, 0.29) is 5.91 Å². The van der Waals surface area contributed by atoms with E-state index in [9.17, 15) is 4.79 Å². The number of benzene rings is 1. The van der Waals surface area contributed by atoms with Crippen LogP contribution in [0.5, 0.6) is 5.75 Å². The maximum Gasteiger partial charge on any atom is 0.246 e. The van der Waals surface area contributed by atoms with Crippen LogP contribution in [0.2, 0.25) is 0 Å². The molecular formula is C18H26N2O2. The predicted octanol–water partition coefficient (Wildman–Crippen LogP) is 2.56. The summed E-state index contributed by atoms with van der Waals surface area (Å²) >= 11 is 0. The number of nitrogens with zero attached hydrogens (tertiary/aromatic N) is 1. The van der Waals surface area contributed by atoms with Gasteiger partial charge in [-0.15, -0.1) is 0 Å². The molecule has 1 heterocycles. The fourth-order valence-electron chi connectivity index (χ4n) is 2.97. The molecule has 1 saturated heterocycles. The first-order valence-electron chi connectivity index (χ1n) is 7.91. The first-order chi connectivity index (χ1) is 10.7. The SMILES string of the molecule is CNCC1CCN(C(=O)/C=C(\C)c2ccccc2OC)CC1. The van der Waals surface area contributed by atoms with Crippen LogP contribution in [0.1, 0.15) is 25.3 Å². The second kappa shape index (κ2) is 7.99. The van der Waals surface area contributed by atoms with E-state index in [1.165, 1.54) is 0 Å². The molecular weight excluding hydrogens is 276 g/mol. The molecule has 1 fully saturated rings. The van der Waals surface area contributed by atoms with Gasteiger partial charge in [-0.2, -0.15) is 0 Å². The average Bonchev–Trinajstić information content (AvgIpc) is 2.55. The van der Waals surface area contributed by atoms with Crippen molar-refractivity contribution in [2.75, 3.05) is 33.8 Å². The highest BCUT2D eigenvalue weighted by Gasteiger charge is 2.21. The minimum absolute atomic E-state index is 0.103. The van der Waals surface area contributed by atoms with Crippen LogP contribution in [0.4, 0.5) is 0 Å². The Morgan fingerprint density at radius 1 is 1.36 bits per heavy atom. The van der Waals surface area contributed by atoms with Gasteiger partial charge >= 0.3 is 0 Å². The molecule has 0 radical (unpaired) electrons. The Morgan fingerprint density at radius 2 is 2.05 bits per heavy atom. The molecule has 1 amide bonds. The number of nitrogens with one attached hydrogen (secondary N) is 1. The molecule has 0 spiro atoms. The van der Waals surface area contributed by atoms with E-state index in [0.717, 1.165) is 49.4 Å². The molecule has 0 bridgehead atoms. The van der Waals surface area contributed by atoms with Crippen LogP contribution in [0.15, 0.2) is 30.3 Å². The van der Waals surface area contributed by atoms with Gasteiger partial charge in [-0.1, -0.05) is 18.2 Å². The lowest BCUT2D eigenvalue weighted by Gasteiger charge is -2.31. The van der Waals surface area contributed by atoms with Gasteiger partial charge in [0.25, 0.3) is 0 Å². The Labute approximate surface area is 133 Å². The molecule has 0 unspecified atom stereocenters. The van der Waals surface area contributed by atoms with Gasteiger partial charge < -0.3 is 15.0 Å². The fraction of sp³-hybridized carbons (Fsp3) is 0.500. The minimum Gasteiger partial charge on any atom is -0.496 e. The number of methoxy groups -OCH3 is 1. The normalized spacial score (nSPS) is 16.7. The maximum absolute atomic E-state index is 12.4. The summed E-state index contributed by atoms with van der Waals surface area (Å²) in [5.74, 6) is 1.59. The molecule has 120 valence electrons. The lowest BCUT2D eigenvalue weighted by molar-refractivity contribution is -0.127. The summed E-state index contributed by atoms with van der Waals surface area (Å²) in [6, 6.07) is 7.80. The number of hydrogen-bond acceptors (Lipinski definition) is 3. The number of ether oxygens (including phenoxy) is 1. The minimum atomic E-state index is 0.103. The highest BCUT2D eigenvalue weighted by molar-refractivity contribution is 5.95. The van der Waals surface area contributed by atoms with Crippen molar-refractivity contribution in [1.29, 1.82) is 0 Å². The third-order valence-electron chi connectivity index (χ3n) is 4.29. The Morgan fingerprint density at radius 3 is 2.68 bits per heavy atom. The number of rotatable bonds is 5. The van der Waals surface area contributed by atoms with E-state index in [2.05, 4.69) is 5.32 Å². The van der Waals surface area contributed by atoms with E-state index >= 15 is 0 Å². The average molecular weight is 302 g/mol. The van der Waals surface area contributed by atoms with Crippen molar-refractivity contribution in [2.24, 2.45) is 5.92 Å². The van der Waals surface area contributed by atoms with Gasteiger partial charge in [-0.25, -0.2) is 0 Å². The van der Waals surface area contributed by atoms with Crippen molar-refractivity contribution < 1.29 is 9.53 Å². The Bertz CT molecular complexity index is 532. The molecule has 0 atom stereocenters. The predicted molar refractivity (Wildman–Crippen MR) is 89.9 cm³/mol. The molecule has 4 heteroatoms. The molecule has 0 aromatic heterocycles. The van der Waals surface area contributed by atoms with Crippen LogP contribution < -0.4 is 10.1 Å². The van der Waals surface area contributed by atoms with Crippen LogP contribution in [0.25, 0.3) is 5.57 Å². The Balaban J connectivity index is 2.01. The van der Waals surface area contributed by atoms with Crippen LogP contribution in [0.3, 0.4) is 0 Å². The van der Waals surface area contributed by atoms with Crippen LogP contribution in [-0.4, -0.2) is 44.6 Å². The number of piperidine rings is 1. The van der Waals surface area contributed by atoms with E-state index in [1.54, 1.807) is 13.2 Å². The Kier molecular flexibility index (Phi) is 6.01. The largest absolute Gasteiger partial charge is 0.496 e. The molecule has 1 aliphatic rings. The molecule has 0 saturated carbocycles. The molecule has 4 nitrogen and oxygen atoms in total. The first kappa shape index (κ1) is 16.6. The number of carbonyl (C=O) groups excluding carboxylic acids is 1. The van der Waals surface area contributed by atoms with E-state index in [1.807, 2.05) is 43.1 Å². The number of likely N-dealkylation sites (tertiary alicyclic amines) is 1. The molecule has 2 rings (SSSR count). The highest BCUT2D eigenvalue weighted by Crippen LogP contribution is 2.25. The molecule has 1 aromatic carbocycles. The topological polar surface area (TPSA) is 41.6 Å². The molecule has 1 aliphatic heterocycles. The van der Waals surface area contributed by atoms with Gasteiger partial charge in [-0.3, -0.25) is 4.79 Å².